The number of H-pyrrole nitrogens is 1. The molecule has 0 radical (unpaired) electrons. The fraction of sp³-hybridized carbons (Fsp3) is 0.682. The fourth-order valence-electron chi connectivity index (χ4n) is 5.09. The van der Waals surface area contributed by atoms with Crippen molar-refractivity contribution in [2.45, 2.75) is 51.9 Å². The van der Waals surface area contributed by atoms with Crippen LogP contribution in [-0.2, 0) is 17.6 Å². The van der Waals surface area contributed by atoms with Gasteiger partial charge in [-0.05, 0) is 43.2 Å². The Hall–Kier alpha value is -2.13. The number of quaternary nitrogens is 1. The number of nitrogens with zero attached hydrogens (tertiary/aromatic N) is 3. The highest BCUT2D eigenvalue weighted by atomic mass is 16.2. The predicted molar refractivity (Wildman–Crippen MR) is 107 cm³/mol. The molecular weight excluding hydrogens is 350 g/mol. The fourth-order valence-corrected chi connectivity index (χ4v) is 5.09. The van der Waals surface area contributed by atoms with Crippen molar-refractivity contribution in [1.29, 1.82) is 5.26 Å². The van der Waals surface area contributed by atoms with Crippen LogP contribution in [0, 0.1) is 11.3 Å². The summed E-state index contributed by atoms with van der Waals surface area (Å²) in [7, 11) is 0. The van der Waals surface area contributed by atoms with Crippen molar-refractivity contribution in [3.05, 3.63) is 22.4 Å². The number of rotatable bonds is 4. The Bertz CT molecular complexity index is 783. The monoisotopic (exact) mass is 383 g/mol. The number of aromatic amines is 1. The van der Waals surface area contributed by atoms with E-state index in [4.69, 9.17) is 0 Å². The molecule has 3 aliphatic rings. The minimum Gasteiger partial charge on any atom is -0.338 e. The molecule has 1 amide bonds. The number of fused-ring (bicyclic) bond motifs is 1. The lowest BCUT2D eigenvalue weighted by Crippen LogP contribution is -3.16. The van der Waals surface area contributed by atoms with Crippen molar-refractivity contribution >= 4 is 11.7 Å². The molecule has 2 N–H and O–H groups in total. The zero-order chi connectivity index (χ0) is 19.7. The van der Waals surface area contributed by atoms with E-state index in [9.17, 15) is 10.1 Å². The number of pyridine rings is 1. The van der Waals surface area contributed by atoms with Crippen LogP contribution in [-0.4, -0.2) is 56.6 Å². The van der Waals surface area contributed by atoms with Crippen LogP contribution in [0.15, 0.2) is 0 Å². The molecule has 0 saturated carbocycles. The molecule has 1 aliphatic carbocycles. The molecule has 0 bridgehead atoms. The number of aromatic nitrogens is 1. The molecule has 2 fully saturated rings. The van der Waals surface area contributed by atoms with Crippen LogP contribution < -0.4 is 14.8 Å². The van der Waals surface area contributed by atoms with Gasteiger partial charge in [0.05, 0.1) is 0 Å². The van der Waals surface area contributed by atoms with E-state index in [1.165, 1.54) is 21.7 Å². The molecule has 0 atom stereocenters. The van der Waals surface area contributed by atoms with E-state index in [2.05, 4.69) is 29.8 Å². The zero-order valence-electron chi connectivity index (χ0n) is 17.3. The minimum atomic E-state index is 0.310. The third kappa shape index (κ3) is 3.60. The van der Waals surface area contributed by atoms with Gasteiger partial charge in [-0.2, -0.15) is 5.26 Å². The number of nitrogens with one attached hydrogen (secondary N) is 2. The highest BCUT2D eigenvalue weighted by Gasteiger charge is 2.35. The first-order chi connectivity index (χ1) is 13.6. The van der Waals surface area contributed by atoms with E-state index in [0.717, 1.165) is 82.8 Å². The Morgan fingerprint density at radius 1 is 1.11 bits per heavy atom. The van der Waals surface area contributed by atoms with E-state index >= 15 is 0 Å². The Balaban J connectivity index is 1.48. The van der Waals surface area contributed by atoms with Crippen molar-refractivity contribution in [3.63, 3.8) is 0 Å². The molecular formula is C22H33N5O+2. The summed E-state index contributed by atoms with van der Waals surface area (Å²) >= 11 is 0. The van der Waals surface area contributed by atoms with Crippen LogP contribution in [0.5, 0.6) is 0 Å². The first kappa shape index (κ1) is 19.2. The Morgan fingerprint density at radius 3 is 2.43 bits per heavy atom. The Morgan fingerprint density at radius 2 is 1.79 bits per heavy atom. The second-order valence-corrected chi connectivity index (χ2v) is 8.84. The molecule has 2 aliphatic heterocycles. The summed E-state index contributed by atoms with van der Waals surface area (Å²) in [6.07, 6.45) is 5.56. The smallest absolute Gasteiger partial charge is 0.293 e. The van der Waals surface area contributed by atoms with Gasteiger partial charge in [-0.3, -0.25) is 4.79 Å². The van der Waals surface area contributed by atoms with Gasteiger partial charge in [0.2, 0.25) is 0 Å². The number of piperazine rings is 1. The maximum absolute atomic E-state index is 12.5. The molecule has 1 aromatic rings. The normalized spacial score (nSPS) is 19.9. The summed E-state index contributed by atoms with van der Waals surface area (Å²) in [6, 6.07) is 2.50. The van der Waals surface area contributed by atoms with Gasteiger partial charge in [-0.25, -0.2) is 9.88 Å². The lowest BCUT2D eigenvalue weighted by Gasteiger charge is -2.30. The Labute approximate surface area is 168 Å². The minimum absolute atomic E-state index is 0.310. The summed E-state index contributed by atoms with van der Waals surface area (Å²) < 4.78 is 0. The number of nitriles is 1. The van der Waals surface area contributed by atoms with E-state index < -0.39 is 0 Å². The molecule has 6 nitrogen and oxygen atoms in total. The molecule has 28 heavy (non-hydrogen) atoms. The number of amides is 1. The number of carbonyl (C=O) groups is 1. The van der Waals surface area contributed by atoms with Gasteiger partial charge in [0.25, 0.3) is 11.7 Å². The molecule has 2 saturated heterocycles. The second kappa shape index (κ2) is 8.08. The van der Waals surface area contributed by atoms with Gasteiger partial charge in [-0.15, -0.1) is 0 Å². The molecule has 3 heterocycles. The summed E-state index contributed by atoms with van der Waals surface area (Å²) in [4.78, 5) is 21.8. The quantitative estimate of drug-likeness (QED) is 0.814. The average molecular weight is 384 g/mol. The third-order valence-corrected chi connectivity index (χ3v) is 6.67. The zero-order valence-corrected chi connectivity index (χ0v) is 17.3. The number of hydrogen-bond acceptors (Lipinski definition) is 3. The third-order valence-electron chi connectivity index (χ3n) is 6.67. The summed E-state index contributed by atoms with van der Waals surface area (Å²) in [5.41, 5.74) is 4.82. The Kier molecular flexibility index (Phi) is 5.54. The van der Waals surface area contributed by atoms with Gasteiger partial charge >= 0.3 is 0 Å². The van der Waals surface area contributed by atoms with Gasteiger partial charge < -0.3 is 9.80 Å². The van der Waals surface area contributed by atoms with Gasteiger partial charge in [0, 0.05) is 19.0 Å². The highest BCUT2D eigenvalue weighted by Crippen LogP contribution is 2.33. The van der Waals surface area contributed by atoms with E-state index in [0.29, 0.717) is 18.4 Å². The van der Waals surface area contributed by atoms with E-state index in [-0.39, 0.29) is 0 Å². The molecule has 4 rings (SSSR count). The number of likely N-dealkylation sites (tertiary alicyclic amines) is 1. The maximum atomic E-state index is 12.5. The van der Waals surface area contributed by atoms with Crippen molar-refractivity contribution in [1.82, 2.24) is 4.90 Å². The summed E-state index contributed by atoms with van der Waals surface area (Å²) in [5.74, 6) is 1.75. The second-order valence-electron chi connectivity index (χ2n) is 8.84. The molecule has 150 valence electrons. The molecule has 0 aromatic carbocycles. The number of carbonyl (C=O) groups excluding carboxylic acids is 1. The molecule has 1 aromatic heterocycles. The van der Waals surface area contributed by atoms with Crippen LogP contribution in [0.2, 0.25) is 0 Å². The van der Waals surface area contributed by atoms with E-state index in [1.807, 2.05) is 4.90 Å². The van der Waals surface area contributed by atoms with Crippen molar-refractivity contribution in [2.75, 3.05) is 50.7 Å². The highest BCUT2D eigenvalue weighted by molar-refractivity contribution is 5.77. The maximum Gasteiger partial charge on any atom is 0.293 e. The predicted octanol–water partition coefficient (Wildman–Crippen LogP) is 0.312. The first-order valence-electron chi connectivity index (χ1n) is 11.0. The van der Waals surface area contributed by atoms with Crippen LogP contribution in [0.25, 0.3) is 0 Å². The van der Waals surface area contributed by atoms with Crippen molar-refractivity contribution in [2.24, 2.45) is 0 Å². The van der Waals surface area contributed by atoms with Crippen LogP contribution in [0.3, 0.4) is 0 Å². The first-order valence-corrected chi connectivity index (χ1v) is 11.0. The summed E-state index contributed by atoms with van der Waals surface area (Å²) in [6.45, 7) is 10.6. The summed E-state index contributed by atoms with van der Waals surface area (Å²) in [5, 5.41) is 9.88. The largest absolute Gasteiger partial charge is 0.338 e. The van der Waals surface area contributed by atoms with E-state index in [1.54, 1.807) is 0 Å². The lowest BCUT2D eigenvalue weighted by atomic mass is 9.97. The van der Waals surface area contributed by atoms with Gasteiger partial charge in [0.15, 0.2) is 6.54 Å². The van der Waals surface area contributed by atoms with Crippen LogP contribution >= 0.6 is 0 Å². The van der Waals surface area contributed by atoms with Crippen molar-refractivity contribution < 1.29 is 14.7 Å². The average Bonchev–Trinajstić information content (AvgIpc) is 3.39. The van der Waals surface area contributed by atoms with Gasteiger partial charge in [0.1, 0.15) is 43.5 Å². The van der Waals surface area contributed by atoms with Gasteiger partial charge in [-0.1, -0.05) is 13.8 Å². The topological polar surface area (TPSA) is 65.9 Å². The van der Waals surface area contributed by atoms with Crippen LogP contribution in [0.1, 0.15) is 61.4 Å². The number of anilines is 1. The van der Waals surface area contributed by atoms with Crippen molar-refractivity contribution in [3.8, 4) is 6.07 Å². The molecule has 0 spiro atoms. The standard InChI is InChI=1S/C22H31N5O/c1-16(2)21-18-7-5-6-17(18)19(14-23)22(24-21)27-12-10-25(11-13-27)15-20(28)26-8-3-4-9-26/h16H,3-13,15H2,1-2H3/p+2. The number of hydrogen-bond donors (Lipinski definition) is 1. The lowest BCUT2D eigenvalue weighted by molar-refractivity contribution is -0.892. The molecule has 6 heteroatoms. The van der Waals surface area contributed by atoms with Crippen LogP contribution in [0.4, 0.5) is 5.82 Å². The molecule has 0 unspecified atom stereocenters. The SMILES string of the molecule is CC(C)c1[nH+]c(N2CC[NH+](CC(=O)N3CCCC3)CC2)c(C#N)c2c1CCC2.